The molecule has 1 amide bonds. The molecule has 3 rings (SSSR count). The first-order valence-electron chi connectivity index (χ1n) is 8.45. The Kier molecular flexibility index (Phi) is 5.90. The third-order valence-electron chi connectivity index (χ3n) is 4.21. The van der Waals surface area contributed by atoms with Crippen LogP contribution >= 0.6 is 11.3 Å². The second-order valence-electron chi connectivity index (χ2n) is 5.85. The van der Waals surface area contributed by atoms with Crippen LogP contribution in [0.25, 0.3) is 11.1 Å². The van der Waals surface area contributed by atoms with E-state index in [-0.39, 0.29) is 18.4 Å². The van der Waals surface area contributed by atoms with Crippen LogP contribution in [0, 0.1) is 5.92 Å². The monoisotopic (exact) mass is 375 g/mol. The number of nitrogens with one attached hydrogen (secondary N) is 1. The average Bonchev–Trinajstić information content (AvgIpc) is 3.32. The normalized spacial score (nSPS) is 16.3. The Morgan fingerprint density at radius 1 is 1.31 bits per heavy atom. The van der Waals surface area contributed by atoms with Gasteiger partial charge in [0.2, 0.25) is 5.91 Å². The minimum Gasteiger partial charge on any atom is -0.497 e. The number of hydrogen-bond donors (Lipinski definition) is 1. The summed E-state index contributed by atoms with van der Waals surface area (Å²) in [5, 5.41) is 5.24. The number of ether oxygens (including phenoxy) is 3. The Morgan fingerprint density at radius 3 is 2.69 bits per heavy atom. The zero-order valence-electron chi connectivity index (χ0n) is 14.7. The van der Waals surface area contributed by atoms with E-state index < -0.39 is 5.97 Å². The fourth-order valence-electron chi connectivity index (χ4n) is 2.79. The van der Waals surface area contributed by atoms with Crippen LogP contribution in [-0.4, -0.2) is 38.8 Å². The topological polar surface area (TPSA) is 73.9 Å². The molecule has 1 aliphatic heterocycles. The summed E-state index contributed by atoms with van der Waals surface area (Å²) in [5.74, 6) is -0.0262. The molecule has 1 aliphatic rings. The number of benzene rings is 1. The lowest BCUT2D eigenvalue weighted by Crippen LogP contribution is -2.23. The summed E-state index contributed by atoms with van der Waals surface area (Å²) >= 11 is 1.32. The van der Waals surface area contributed by atoms with Crippen LogP contribution in [0.5, 0.6) is 5.75 Å². The summed E-state index contributed by atoms with van der Waals surface area (Å²) in [6.45, 7) is 3.02. The van der Waals surface area contributed by atoms with Crippen LogP contribution in [-0.2, 0) is 14.3 Å². The van der Waals surface area contributed by atoms with Crippen molar-refractivity contribution >= 4 is 28.2 Å². The van der Waals surface area contributed by atoms with Crippen molar-refractivity contribution < 1.29 is 23.8 Å². The number of carbonyl (C=O) groups is 2. The molecule has 2 aromatic rings. The second-order valence-corrected chi connectivity index (χ2v) is 6.73. The molecule has 26 heavy (non-hydrogen) atoms. The first kappa shape index (κ1) is 18.4. The van der Waals surface area contributed by atoms with E-state index in [1.807, 2.05) is 29.6 Å². The number of thiophene rings is 1. The first-order chi connectivity index (χ1) is 12.6. The lowest BCUT2D eigenvalue weighted by atomic mass is 10.0. The van der Waals surface area contributed by atoms with Crippen LogP contribution in [0.3, 0.4) is 0 Å². The highest BCUT2D eigenvalue weighted by Crippen LogP contribution is 2.37. The van der Waals surface area contributed by atoms with Crippen molar-refractivity contribution in [3.63, 3.8) is 0 Å². The zero-order valence-corrected chi connectivity index (χ0v) is 15.6. The minimum atomic E-state index is -0.447. The van der Waals surface area contributed by atoms with Crippen LogP contribution < -0.4 is 10.1 Å². The molecular formula is C19H21NO5S. The average molecular weight is 375 g/mol. The van der Waals surface area contributed by atoms with Crippen LogP contribution in [0.4, 0.5) is 5.00 Å². The van der Waals surface area contributed by atoms with Crippen molar-refractivity contribution in [2.45, 2.75) is 13.3 Å². The molecule has 0 spiro atoms. The molecule has 1 aromatic carbocycles. The highest BCUT2D eigenvalue weighted by atomic mass is 32.1. The summed E-state index contributed by atoms with van der Waals surface area (Å²) in [6, 6.07) is 7.41. The van der Waals surface area contributed by atoms with Gasteiger partial charge in [0.25, 0.3) is 0 Å². The molecule has 138 valence electrons. The summed E-state index contributed by atoms with van der Waals surface area (Å²) in [4.78, 5) is 25.0. The quantitative estimate of drug-likeness (QED) is 0.781. The van der Waals surface area contributed by atoms with E-state index in [0.717, 1.165) is 16.9 Å². The first-order valence-corrected chi connectivity index (χ1v) is 9.33. The van der Waals surface area contributed by atoms with E-state index in [4.69, 9.17) is 14.2 Å². The zero-order chi connectivity index (χ0) is 18.5. The number of rotatable bonds is 6. The van der Waals surface area contributed by atoms with Gasteiger partial charge in [0, 0.05) is 17.6 Å². The molecule has 1 atom stereocenters. The number of esters is 1. The second kappa shape index (κ2) is 8.33. The van der Waals surface area contributed by atoms with Gasteiger partial charge in [-0.05, 0) is 31.0 Å². The Bertz CT molecular complexity index is 778. The maximum absolute atomic E-state index is 12.5. The van der Waals surface area contributed by atoms with E-state index in [2.05, 4.69) is 5.32 Å². The van der Waals surface area contributed by atoms with Crippen LogP contribution in [0.2, 0.25) is 0 Å². The Hall–Kier alpha value is -2.38. The lowest BCUT2D eigenvalue weighted by Gasteiger charge is -2.11. The Balaban J connectivity index is 1.92. The summed E-state index contributed by atoms with van der Waals surface area (Å²) < 4.78 is 15.7. The molecular weight excluding hydrogens is 354 g/mol. The van der Waals surface area contributed by atoms with Gasteiger partial charge >= 0.3 is 5.97 Å². The lowest BCUT2D eigenvalue weighted by molar-refractivity contribution is -0.119. The molecule has 6 nitrogen and oxygen atoms in total. The molecule has 0 radical (unpaired) electrons. The Morgan fingerprint density at radius 2 is 2.08 bits per heavy atom. The largest absolute Gasteiger partial charge is 0.497 e. The van der Waals surface area contributed by atoms with Crippen molar-refractivity contribution in [2.75, 3.05) is 32.2 Å². The van der Waals surface area contributed by atoms with Crippen LogP contribution in [0.1, 0.15) is 23.7 Å². The van der Waals surface area contributed by atoms with Gasteiger partial charge in [-0.25, -0.2) is 4.79 Å². The van der Waals surface area contributed by atoms with Gasteiger partial charge < -0.3 is 19.5 Å². The molecule has 2 heterocycles. The fourth-order valence-corrected chi connectivity index (χ4v) is 3.75. The molecule has 0 aliphatic carbocycles. The standard InChI is InChI=1S/C19H21NO5S/c1-3-25-19(22)16-15(12-4-6-14(23-2)7-5-12)11-26-18(16)20-17(21)13-8-9-24-10-13/h4-7,11,13H,3,8-10H2,1-2H3,(H,20,21). The van der Waals surface area contributed by atoms with Crippen molar-refractivity contribution in [3.8, 4) is 16.9 Å². The molecule has 0 saturated carbocycles. The van der Waals surface area contributed by atoms with Gasteiger partial charge in [-0.15, -0.1) is 11.3 Å². The number of amides is 1. The third kappa shape index (κ3) is 3.89. The van der Waals surface area contributed by atoms with Crippen molar-refractivity contribution in [1.82, 2.24) is 0 Å². The third-order valence-corrected chi connectivity index (χ3v) is 5.10. The maximum Gasteiger partial charge on any atom is 0.341 e. The van der Waals surface area contributed by atoms with Gasteiger partial charge in [-0.2, -0.15) is 0 Å². The van der Waals surface area contributed by atoms with E-state index in [1.54, 1.807) is 14.0 Å². The summed E-state index contributed by atoms with van der Waals surface area (Å²) in [6.07, 6.45) is 0.692. The van der Waals surface area contributed by atoms with Gasteiger partial charge in [0.05, 0.1) is 26.2 Å². The molecule has 1 N–H and O–H groups in total. The van der Waals surface area contributed by atoms with Gasteiger partial charge in [0.1, 0.15) is 16.3 Å². The van der Waals surface area contributed by atoms with Crippen LogP contribution in [0.15, 0.2) is 29.6 Å². The van der Waals surface area contributed by atoms with E-state index >= 15 is 0 Å². The number of carbonyl (C=O) groups excluding carboxylic acids is 2. The van der Waals surface area contributed by atoms with Crippen molar-refractivity contribution in [1.29, 1.82) is 0 Å². The number of anilines is 1. The summed E-state index contributed by atoms with van der Waals surface area (Å²) in [5.41, 5.74) is 1.97. The maximum atomic E-state index is 12.5. The molecule has 0 bridgehead atoms. The van der Waals surface area contributed by atoms with E-state index in [0.29, 0.717) is 30.2 Å². The predicted molar refractivity (Wildman–Crippen MR) is 99.8 cm³/mol. The summed E-state index contributed by atoms with van der Waals surface area (Å²) in [7, 11) is 1.60. The van der Waals surface area contributed by atoms with Crippen molar-refractivity contribution in [2.24, 2.45) is 5.92 Å². The Labute approximate surface area is 156 Å². The van der Waals surface area contributed by atoms with Gasteiger partial charge in [-0.1, -0.05) is 12.1 Å². The highest BCUT2D eigenvalue weighted by molar-refractivity contribution is 7.15. The predicted octanol–water partition coefficient (Wildman–Crippen LogP) is 3.58. The SMILES string of the molecule is CCOC(=O)c1c(-c2ccc(OC)cc2)csc1NC(=O)C1CCOC1. The number of methoxy groups -OCH3 is 1. The van der Waals surface area contributed by atoms with E-state index in [9.17, 15) is 9.59 Å². The molecule has 7 heteroatoms. The molecule has 1 saturated heterocycles. The van der Waals surface area contributed by atoms with Crippen molar-refractivity contribution in [3.05, 3.63) is 35.2 Å². The molecule has 1 fully saturated rings. The smallest absolute Gasteiger partial charge is 0.341 e. The van der Waals surface area contributed by atoms with E-state index in [1.165, 1.54) is 11.3 Å². The number of hydrogen-bond acceptors (Lipinski definition) is 6. The highest BCUT2D eigenvalue weighted by Gasteiger charge is 2.27. The molecule has 1 unspecified atom stereocenters. The minimum absolute atomic E-state index is 0.129. The van der Waals surface area contributed by atoms with Gasteiger partial charge in [0.15, 0.2) is 0 Å². The van der Waals surface area contributed by atoms with Gasteiger partial charge in [-0.3, -0.25) is 4.79 Å². The molecule has 1 aromatic heterocycles. The fraction of sp³-hybridized carbons (Fsp3) is 0.368.